The van der Waals surface area contributed by atoms with Crippen LogP contribution < -0.4 is 5.32 Å². The van der Waals surface area contributed by atoms with Gasteiger partial charge in [0.2, 0.25) is 0 Å². The van der Waals surface area contributed by atoms with Crippen molar-refractivity contribution in [1.29, 1.82) is 0 Å². The Morgan fingerprint density at radius 1 is 1.04 bits per heavy atom. The molecule has 1 N–H and O–H groups in total. The summed E-state index contributed by atoms with van der Waals surface area (Å²) in [4.78, 5) is 12.7. The first kappa shape index (κ1) is 15.6. The van der Waals surface area contributed by atoms with Crippen LogP contribution in [0.25, 0.3) is 27.4 Å². The number of aryl methyl sites for hydroxylation is 1. The quantitative estimate of drug-likeness (QED) is 0.533. The van der Waals surface area contributed by atoms with Crippen LogP contribution in [-0.4, -0.2) is 20.5 Å². The molecule has 0 unspecified atom stereocenters. The predicted octanol–water partition coefficient (Wildman–Crippen LogP) is 3.87. The number of rotatable bonds is 3. The molecule has 3 heterocycles. The number of aromatic nitrogens is 3. The van der Waals surface area contributed by atoms with Crippen LogP contribution in [-0.2, 0) is 6.54 Å². The van der Waals surface area contributed by atoms with E-state index in [2.05, 4.69) is 15.5 Å². The van der Waals surface area contributed by atoms with Crippen LogP contribution in [0, 0.1) is 6.92 Å². The standard InChI is InChI=1S/C21H16N4O2/c1-13-15-10-9-14-6-2-3-7-16(14)20(15)27-19(13)21(26)22-12-18-24-23-17-8-4-5-11-25(17)18/h2-11H,12H2,1H3,(H,22,26). The van der Waals surface area contributed by atoms with E-state index < -0.39 is 0 Å². The lowest BCUT2D eigenvalue weighted by molar-refractivity contribution is 0.0923. The van der Waals surface area contributed by atoms with Gasteiger partial charge in [0.15, 0.2) is 17.2 Å². The number of pyridine rings is 1. The zero-order valence-corrected chi connectivity index (χ0v) is 14.6. The number of carbonyl (C=O) groups is 1. The molecule has 0 aliphatic heterocycles. The summed E-state index contributed by atoms with van der Waals surface area (Å²) in [6.45, 7) is 2.17. The first-order chi connectivity index (χ1) is 13.2. The van der Waals surface area contributed by atoms with Gasteiger partial charge >= 0.3 is 0 Å². The maximum absolute atomic E-state index is 12.7. The Labute approximate surface area is 154 Å². The molecule has 132 valence electrons. The van der Waals surface area contributed by atoms with E-state index in [1.165, 1.54) is 0 Å². The van der Waals surface area contributed by atoms with Gasteiger partial charge in [-0.15, -0.1) is 10.2 Å². The fourth-order valence-corrected chi connectivity index (χ4v) is 3.42. The van der Waals surface area contributed by atoms with Gasteiger partial charge in [0, 0.05) is 22.5 Å². The molecule has 0 spiro atoms. The van der Waals surface area contributed by atoms with E-state index in [-0.39, 0.29) is 12.5 Å². The maximum atomic E-state index is 12.7. The number of amides is 1. The van der Waals surface area contributed by atoms with Crippen molar-refractivity contribution in [3.8, 4) is 0 Å². The lowest BCUT2D eigenvalue weighted by atomic mass is 10.1. The summed E-state index contributed by atoms with van der Waals surface area (Å²) in [6.07, 6.45) is 1.87. The number of hydrogen-bond acceptors (Lipinski definition) is 4. The summed E-state index contributed by atoms with van der Waals surface area (Å²) in [5.41, 5.74) is 2.32. The molecule has 0 aliphatic carbocycles. The van der Waals surface area contributed by atoms with Gasteiger partial charge < -0.3 is 9.73 Å². The average Bonchev–Trinajstić information content (AvgIpc) is 3.27. The molecule has 0 fully saturated rings. The van der Waals surface area contributed by atoms with Crippen LogP contribution in [0.3, 0.4) is 0 Å². The van der Waals surface area contributed by atoms with E-state index in [1.54, 1.807) is 0 Å². The highest BCUT2D eigenvalue weighted by molar-refractivity contribution is 6.08. The van der Waals surface area contributed by atoms with Crippen LogP contribution in [0.2, 0.25) is 0 Å². The molecule has 6 nitrogen and oxygen atoms in total. The summed E-state index contributed by atoms with van der Waals surface area (Å²) in [7, 11) is 0. The third-order valence-electron chi connectivity index (χ3n) is 4.83. The van der Waals surface area contributed by atoms with Crippen molar-refractivity contribution >= 4 is 33.3 Å². The number of carbonyl (C=O) groups excluding carboxylic acids is 1. The first-order valence-electron chi connectivity index (χ1n) is 8.70. The second-order valence-electron chi connectivity index (χ2n) is 6.45. The summed E-state index contributed by atoms with van der Waals surface area (Å²) in [5.74, 6) is 0.730. The molecule has 5 aromatic rings. The van der Waals surface area contributed by atoms with Gasteiger partial charge in [0.25, 0.3) is 5.91 Å². The molecule has 0 aliphatic rings. The fraction of sp³-hybridized carbons (Fsp3) is 0.0952. The summed E-state index contributed by atoms with van der Waals surface area (Å²) >= 11 is 0. The Balaban J connectivity index is 1.48. The Hall–Kier alpha value is -3.67. The second kappa shape index (κ2) is 5.95. The zero-order chi connectivity index (χ0) is 18.4. The molecule has 6 heteroatoms. The Morgan fingerprint density at radius 3 is 2.81 bits per heavy atom. The van der Waals surface area contributed by atoms with E-state index >= 15 is 0 Å². The van der Waals surface area contributed by atoms with Crippen LogP contribution in [0.4, 0.5) is 0 Å². The highest BCUT2D eigenvalue weighted by Gasteiger charge is 2.19. The molecule has 1 amide bonds. The van der Waals surface area contributed by atoms with Crippen LogP contribution in [0.5, 0.6) is 0 Å². The largest absolute Gasteiger partial charge is 0.450 e. The zero-order valence-electron chi connectivity index (χ0n) is 14.6. The molecule has 0 bridgehead atoms. The highest BCUT2D eigenvalue weighted by Crippen LogP contribution is 2.31. The van der Waals surface area contributed by atoms with Gasteiger partial charge in [-0.25, -0.2) is 0 Å². The number of fused-ring (bicyclic) bond motifs is 4. The molecule has 2 aromatic carbocycles. The molecule has 5 rings (SSSR count). The normalized spacial score (nSPS) is 11.4. The topological polar surface area (TPSA) is 72.4 Å². The summed E-state index contributed by atoms with van der Waals surface area (Å²) < 4.78 is 7.82. The second-order valence-corrected chi connectivity index (χ2v) is 6.45. The highest BCUT2D eigenvalue weighted by atomic mass is 16.3. The van der Waals surface area contributed by atoms with Crippen molar-refractivity contribution in [2.24, 2.45) is 0 Å². The third-order valence-corrected chi connectivity index (χ3v) is 4.83. The van der Waals surface area contributed by atoms with E-state index in [9.17, 15) is 4.79 Å². The van der Waals surface area contributed by atoms with Gasteiger partial charge in [-0.05, 0) is 24.4 Å². The SMILES string of the molecule is Cc1c(C(=O)NCc2nnc3ccccn23)oc2c1ccc1ccccc12. The Kier molecular flexibility index (Phi) is 3.43. The van der Waals surface area contributed by atoms with Crippen LogP contribution in [0.15, 0.2) is 65.2 Å². The first-order valence-corrected chi connectivity index (χ1v) is 8.70. The van der Waals surface area contributed by atoms with Crippen molar-refractivity contribution < 1.29 is 9.21 Å². The van der Waals surface area contributed by atoms with Crippen molar-refractivity contribution in [3.63, 3.8) is 0 Å². The van der Waals surface area contributed by atoms with Crippen molar-refractivity contribution in [1.82, 2.24) is 19.9 Å². The third kappa shape index (κ3) is 2.45. The number of hydrogen-bond donors (Lipinski definition) is 1. The van der Waals surface area contributed by atoms with Gasteiger partial charge in [-0.1, -0.05) is 42.5 Å². The molecule has 3 aromatic heterocycles. The Bertz CT molecular complexity index is 1320. The average molecular weight is 356 g/mol. The number of furan rings is 1. The van der Waals surface area contributed by atoms with Gasteiger partial charge in [0.1, 0.15) is 5.58 Å². The molecule has 0 radical (unpaired) electrons. The van der Waals surface area contributed by atoms with Gasteiger partial charge in [0.05, 0.1) is 6.54 Å². The summed E-state index contributed by atoms with van der Waals surface area (Å²) in [6, 6.07) is 17.7. The number of nitrogens with zero attached hydrogens (tertiary/aromatic N) is 3. The minimum atomic E-state index is -0.263. The number of benzene rings is 2. The van der Waals surface area contributed by atoms with Gasteiger partial charge in [-0.2, -0.15) is 0 Å². The predicted molar refractivity (Wildman–Crippen MR) is 103 cm³/mol. The van der Waals surface area contributed by atoms with E-state index in [0.29, 0.717) is 11.6 Å². The van der Waals surface area contributed by atoms with Crippen LogP contribution in [0.1, 0.15) is 21.9 Å². The van der Waals surface area contributed by atoms with E-state index in [0.717, 1.165) is 33.0 Å². The smallest absolute Gasteiger partial charge is 0.287 e. The van der Waals surface area contributed by atoms with Crippen molar-refractivity contribution in [2.45, 2.75) is 13.5 Å². The lowest BCUT2D eigenvalue weighted by Crippen LogP contribution is -2.24. The van der Waals surface area contributed by atoms with E-state index in [1.807, 2.05) is 72.1 Å². The number of nitrogens with one attached hydrogen (secondary N) is 1. The van der Waals surface area contributed by atoms with Crippen molar-refractivity contribution in [2.75, 3.05) is 0 Å². The molecular weight excluding hydrogens is 340 g/mol. The molecular formula is C21H16N4O2. The fourth-order valence-electron chi connectivity index (χ4n) is 3.42. The molecule has 0 saturated carbocycles. The van der Waals surface area contributed by atoms with Crippen LogP contribution >= 0.6 is 0 Å². The summed E-state index contributed by atoms with van der Waals surface area (Å²) in [5, 5.41) is 14.2. The van der Waals surface area contributed by atoms with E-state index in [4.69, 9.17) is 4.42 Å². The molecule has 0 atom stereocenters. The lowest BCUT2D eigenvalue weighted by Gasteiger charge is -2.02. The monoisotopic (exact) mass is 356 g/mol. The minimum Gasteiger partial charge on any atom is -0.450 e. The molecule has 27 heavy (non-hydrogen) atoms. The Morgan fingerprint density at radius 2 is 1.89 bits per heavy atom. The molecule has 0 saturated heterocycles. The van der Waals surface area contributed by atoms with Gasteiger partial charge in [-0.3, -0.25) is 9.20 Å². The minimum absolute atomic E-state index is 0.263. The maximum Gasteiger partial charge on any atom is 0.287 e. The van der Waals surface area contributed by atoms with Crippen molar-refractivity contribution in [3.05, 3.63) is 77.9 Å².